The number of nitrogens with zero attached hydrogens (tertiary/aromatic N) is 1. The van der Waals surface area contributed by atoms with E-state index in [0.29, 0.717) is 11.7 Å². The van der Waals surface area contributed by atoms with Crippen molar-refractivity contribution in [2.24, 2.45) is 5.92 Å². The van der Waals surface area contributed by atoms with Crippen molar-refractivity contribution in [2.45, 2.75) is 56.0 Å². The topological polar surface area (TPSA) is 69.6 Å². The van der Waals surface area contributed by atoms with Gasteiger partial charge in [-0.15, -0.1) is 11.8 Å². The second-order valence-electron chi connectivity index (χ2n) is 6.34. The van der Waals surface area contributed by atoms with Crippen LogP contribution in [0.25, 0.3) is 0 Å². The second kappa shape index (κ2) is 5.22. The van der Waals surface area contributed by atoms with E-state index < -0.39 is 17.6 Å². The van der Waals surface area contributed by atoms with E-state index in [9.17, 15) is 14.7 Å². The number of hydrogen-bond donors (Lipinski definition) is 2. The summed E-state index contributed by atoms with van der Waals surface area (Å²) in [5, 5.41) is 12.8. The summed E-state index contributed by atoms with van der Waals surface area (Å²) < 4.78 is 0. The Kier molecular flexibility index (Phi) is 3.71. The van der Waals surface area contributed by atoms with Gasteiger partial charge in [-0.3, -0.25) is 4.79 Å². The molecular formula is C14H22N2O3S. The zero-order chi connectivity index (χ0) is 14.3. The lowest BCUT2D eigenvalue weighted by Gasteiger charge is -2.39. The second-order valence-corrected chi connectivity index (χ2v) is 7.49. The summed E-state index contributed by atoms with van der Waals surface area (Å²) in [5.74, 6) is 0.151. The number of amides is 1. The van der Waals surface area contributed by atoms with Crippen molar-refractivity contribution >= 4 is 23.6 Å². The summed E-state index contributed by atoms with van der Waals surface area (Å²) in [4.78, 5) is 26.1. The number of aliphatic carboxylic acids is 1. The van der Waals surface area contributed by atoms with Gasteiger partial charge >= 0.3 is 5.97 Å². The molecule has 1 saturated carbocycles. The Morgan fingerprint density at radius 2 is 2.10 bits per heavy atom. The SMILES string of the molecule is CC1(C(=O)N2C(C(=O)O)CSC2C2CC2)CCCCN1. The van der Waals surface area contributed by atoms with Crippen LogP contribution in [0.3, 0.4) is 0 Å². The molecular weight excluding hydrogens is 276 g/mol. The Balaban J connectivity index is 1.83. The first-order chi connectivity index (χ1) is 9.53. The molecule has 3 fully saturated rings. The quantitative estimate of drug-likeness (QED) is 0.821. The molecule has 0 aromatic carbocycles. The van der Waals surface area contributed by atoms with Gasteiger partial charge in [-0.25, -0.2) is 4.79 Å². The summed E-state index contributed by atoms with van der Waals surface area (Å²) in [6, 6.07) is -0.654. The molecule has 112 valence electrons. The van der Waals surface area contributed by atoms with E-state index >= 15 is 0 Å². The average molecular weight is 298 g/mol. The van der Waals surface area contributed by atoms with Gasteiger partial charge in [0.15, 0.2) is 0 Å². The third-order valence-electron chi connectivity index (χ3n) is 4.67. The molecule has 0 bridgehead atoms. The Labute approximate surface area is 123 Å². The first-order valence-corrected chi connectivity index (χ1v) is 8.50. The molecule has 3 aliphatic rings. The lowest BCUT2D eigenvalue weighted by atomic mass is 9.89. The Hall–Kier alpha value is -0.750. The predicted octanol–water partition coefficient (Wildman–Crippen LogP) is 1.28. The van der Waals surface area contributed by atoms with Gasteiger partial charge in [0.1, 0.15) is 6.04 Å². The van der Waals surface area contributed by atoms with E-state index in [1.165, 1.54) is 0 Å². The Morgan fingerprint density at radius 1 is 1.35 bits per heavy atom. The van der Waals surface area contributed by atoms with E-state index in [0.717, 1.165) is 38.6 Å². The number of carboxylic acid groups (broad SMARTS) is 1. The molecule has 3 atom stereocenters. The first-order valence-electron chi connectivity index (χ1n) is 7.45. The summed E-state index contributed by atoms with van der Waals surface area (Å²) in [5.41, 5.74) is -0.579. The van der Waals surface area contributed by atoms with E-state index in [4.69, 9.17) is 0 Å². The summed E-state index contributed by atoms with van der Waals surface area (Å²) >= 11 is 1.65. The van der Waals surface area contributed by atoms with Crippen LogP contribution >= 0.6 is 11.8 Å². The molecule has 0 aromatic heterocycles. The normalized spacial score (nSPS) is 38.0. The minimum atomic E-state index is -0.867. The molecule has 3 rings (SSSR count). The van der Waals surface area contributed by atoms with Crippen molar-refractivity contribution in [3.8, 4) is 0 Å². The fraction of sp³-hybridized carbons (Fsp3) is 0.857. The van der Waals surface area contributed by atoms with Crippen LogP contribution < -0.4 is 5.32 Å². The average Bonchev–Trinajstić information content (AvgIpc) is 3.17. The predicted molar refractivity (Wildman–Crippen MR) is 77.5 cm³/mol. The van der Waals surface area contributed by atoms with Crippen LogP contribution in [0.1, 0.15) is 39.0 Å². The van der Waals surface area contributed by atoms with Gasteiger partial charge in [0.25, 0.3) is 0 Å². The van der Waals surface area contributed by atoms with Crippen LogP contribution in [0.4, 0.5) is 0 Å². The van der Waals surface area contributed by atoms with Crippen LogP contribution in [-0.4, -0.2) is 51.1 Å². The number of rotatable bonds is 3. The molecule has 2 heterocycles. The standard InChI is InChI=1S/C14H22N2O3S/c1-14(6-2-3-7-15-14)13(19)16-10(12(17)18)8-20-11(16)9-4-5-9/h9-11,15H,2-8H2,1H3,(H,17,18). The van der Waals surface area contributed by atoms with Crippen molar-refractivity contribution in [1.29, 1.82) is 0 Å². The lowest BCUT2D eigenvalue weighted by molar-refractivity contribution is -0.152. The number of hydrogen-bond acceptors (Lipinski definition) is 4. The monoisotopic (exact) mass is 298 g/mol. The van der Waals surface area contributed by atoms with Crippen molar-refractivity contribution in [1.82, 2.24) is 10.2 Å². The van der Waals surface area contributed by atoms with Crippen molar-refractivity contribution in [3.63, 3.8) is 0 Å². The van der Waals surface area contributed by atoms with Crippen LogP contribution in [0, 0.1) is 5.92 Å². The fourth-order valence-corrected chi connectivity index (χ4v) is 4.87. The van der Waals surface area contributed by atoms with Crippen LogP contribution in [-0.2, 0) is 9.59 Å². The molecule has 2 saturated heterocycles. The number of carbonyl (C=O) groups excluding carboxylic acids is 1. The molecule has 3 unspecified atom stereocenters. The van der Waals surface area contributed by atoms with Gasteiger partial charge in [0, 0.05) is 5.75 Å². The fourth-order valence-electron chi connectivity index (χ4n) is 3.24. The Bertz CT molecular complexity index is 419. The van der Waals surface area contributed by atoms with Gasteiger partial charge in [-0.1, -0.05) is 0 Å². The maximum Gasteiger partial charge on any atom is 0.327 e. The zero-order valence-corrected chi connectivity index (χ0v) is 12.6. The molecule has 1 amide bonds. The highest BCUT2D eigenvalue weighted by Crippen LogP contribution is 2.46. The summed E-state index contributed by atoms with van der Waals surface area (Å²) in [6.07, 6.45) is 5.17. The smallest absolute Gasteiger partial charge is 0.327 e. The number of carbonyl (C=O) groups is 2. The summed E-state index contributed by atoms with van der Waals surface area (Å²) in [7, 11) is 0. The molecule has 0 radical (unpaired) electrons. The number of carboxylic acids is 1. The minimum Gasteiger partial charge on any atom is -0.480 e. The molecule has 1 aliphatic carbocycles. The molecule has 6 heteroatoms. The maximum absolute atomic E-state index is 13.0. The summed E-state index contributed by atoms with van der Waals surface area (Å²) in [6.45, 7) is 2.77. The van der Waals surface area contributed by atoms with E-state index in [1.54, 1.807) is 16.7 Å². The van der Waals surface area contributed by atoms with Crippen molar-refractivity contribution in [2.75, 3.05) is 12.3 Å². The van der Waals surface area contributed by atoms with Crippen LogP contribution in [0.5, 0.6) is 0 Å². The lowest BCUT2D eigenvalue weighted by Crippen LogP contribution is -2.61. The highest BCUT2D eigenvalue weighted by molar-refractivity contribution is 8.00. The molecule has 20 heavy (non-hydrogen) atoms. The van der Waals surface area contributed by atoms with E-state index in [-0.39, 0.29) is 11.3 Å². The van der Waals surface area contributed by atoms with Crippen LogP contribution in [0.2, 0.25) is 0 Å². The van der Waals surface area contributed by atoms with Gasteiger partial charge in [0.05, 0.1) is 10.9 Å². The van der Waals surface area contributed by atoms with Gasteiger partial charge < -0.3 is 15.3 Å². The number of piperidine rings is 1. The third-order valence-corrected chi connectivity index (χ3v) is 6.13. The van der Waals surface area contributed by atoms with Gasteiger partial charge in [0.2, 0.25) is 5.91 Å². The van der Waals surface area contributed by atoms with Crippen molar-refractivity contribution in [3.05, 3.63) is 0 Å². The minimum absolute atomic E-state index is 0.00787. The third kappa shape index (κ3) is 2.44. The van der Waals surface area contributed by atoms with Crippen molar-refractivity contribution < 1.29 is 14.7 Å². The highest BCUT2D eigenvalue weighted by Gasteiger charge is 2.51. The maximum atomic E-state index is 13.0. The largest absolute Gasteiger partial charge is 0.480 e. The Morgan fingerprint density at radius 3 is 2.65 bits per heavy atom. The van der Waals surface area contributed by atoms with E-state index in [1.807, 2.05) is 6.92 Å². The zero-order valence-electron chi connectivity index (χ0n) is 11.8. The van der Waals surface area contributed by atoms with Crippen LogP contribution in [0.15, 0.2) is 0 Å². The highest BCUT2D eigenvalue weighted by atomic mass is 32.2. The molecule has 5 nitrogen and oxygen atoms in total. The molecule has 2 aliphatic heterocycles. The van der Waals surface area contributed by atoms with Gasteiger partial charge in [-0.2, -0.15) is 0 Å². The van der Waals surface area contributed by atoms with E-state index in [2.05, 4.69) is 5.32 Å². The molecule has 0 spiro atoms. The first kappa shape index (κ1) is 14.2. The number of thioether (sulfide) groups is 1. The molecule has 2 N–H and O–H groups in total. The molecule has 0 aromatic rings. The number of nitrogens with one attached hydrogen (secondary N) is 1. The van der Waals surface area contributed by atoms with Gasteiger partial charge in [-0.05, 0) is 51.5 Å².